The molecule has 0 bridgehead atoms. The summed E-state index contributed by atoms with van der Waals surface area (Å²) >= 11 is 0. The molecule has 0 saturated carbocycles. The number of esters is 1. The van der Waals surface area contributed by atoms with Gasteiger partial charge in [0.2, 0.25) is 0 Å². The highest BCUT2D eigenvalue weighted by Gasteiger charge is 2.11. The molecule has 0 aliphatic rings. The van der Waals surface area contributed by atoms with Gasteiger partial charge in [-0.2, -0.15) is 0 Å². The van der Waals surface area contributed by atoms with Crippen molar-refractivity contribution >= 4 is 12.1 Å². The van der Waals surface area contributed by atoms with Gasteiger partial charge in [0.05, 0.1) is 12.5 Å². The van der Waals surface area contributed by atoms with Gasteiger partial charge >= 0.3 is 12.1 Å². The van der Waals surface area contributed by atoms with Crippen LogP contribution >= 0.6 is 0 Å². The lowest BCUT2D eigenvalue weighted by molar-refractivity contribution is -0.147. The van der Waals surface area contributed by atoms with E-state index in [-0.39, 0.29) is 25.0 Å². The third-order valence-electron chi connectivity index (χ3n) is 1.64. The minimum Gasteiger partial charge on any atom is -0.465 e. The van der Waals surface area contributed by atoms with Crippen LogP contribution in [-0.4, -0.2) is 30.3 Å². The predicted molar refractivity (Wildman–Crippen MR) is 46.4 cm³/mol. The average molecular weight is 189 g/mol. The topological polar surface area (TPSA) is 75.6 Å². The fraction of sp³-hybridized carbons (Fsp3) is 0.750. The number of nitrogens with one attached hydrogen (secondary N) is 1. The zero-order chi connectivity index (χ0) is 10.3. The number of hydrogen-bond acceptors (Lipinski definition) is 3. The summed E-state index contributed by atoms with van der Waals surface area (Å²) in [5.74, 6) is -0.403. The Labute approximate surface area is 77.1 Å². The van der Waals surface area contributed by atoms with Gasteiger partial charge in [-0.3, -0.25) is 4.79 Å². The molecule has 0 rings (SSSR count). The fourth-order valence-corrected chi connectivity index (χ4v) is 0.619. The molecule has 0 aromatic carbocycles. The molecule has 1 unspecified atom stereocenters. The Hall–Kier alpha value is -1.26. The highest BCUT2D eigenvalue weighted by Crippen LogP contribution is 2.02. The molecule has 13 heavy (non-hydrogen) atoms. The zero-order valence-electron chi connectivity index (χ0n) is 7.87. The van der Waals surface area contributed by atoms with Gasteiger partial charge in [0, 0.05) is 0 Å². The second-order valence-electron chi connectivity index (χ2n) is 2.71. The molecule has 2 N–H and O–H groups in total. The molecule has 0 radical (unpaired) electrons. The van der Waals surface area contributed by atoms with Crippen molar-refractivity contribution in [3.05, 3.63) is 0 Å². The number of amides is 1. The lowest BCUT2D eigenvalue weighted by Crippen LogP contribution is -2.27. The average Bonchev–Trinajstić information content (AvgIpc) is 2.10. The molecular weight excluding hydrogens is 174 g/mol. The van der Waals surface area contributed by atoms with Crippen molar-refractivity contribution in [3.8, 4) is 0 Å². The normalized spacial score (nSPS) is 11.8. The summed E-state index contributed by atoms with van der Waals surface area (Å²) in [6.45, 7) is 3.89. The van der Waals surface area contributed by atoms with E-state index in [0.29, 0.717) is 0 Å². The van der Waals surface area contributed by atoms with E-state index >= 15 is 0 Å². The molecule has 0 aliphatic heterocycles. The molecule has 0 aromatic rings. The van der Waals surface area contributed by atoms with Crippen molar-refractivity contribution in [1.29, 1.82) is 0 Å². The summed E-state index contributed by atoms with van der Waals surface area (Å²) in [5, 5.41) is 10.3. The summed E-state index contributed by atoms with van der Waals surface area (Å²) < 4.78 is 4.78. The molecule has 5 heteroatoms. The third kappa shape index (κ3) is 5.95. The standard InChI is InChI=1S/C8H15NO4/c1-3-6(2)7(10)13-5-4-9-8(11)12/h6,9H,3-5H2,1-2H3,(H,11,12). The summed E-state index contributed by atoms with van der Waals surface area (Å²) in [6, 6.07) is 0. The molecule has 0 heterocycles. The van der Waals surface area contributed by atoms with Gasteiger partial charge in [-0.25, -0.2) is 4.79 Å². The van der Waals surface area contributed by atoms with Crippen LogP contribution in [0.15, 0.2) is 0 Å². The first-order chi connectivity index (χ1) is 6.07. The van der Waals surface area contributed by atoms with Crippen molar-refractivity contribution in [3.63, 3.8) is 0 Å². The lowest BCUT2D eigenvalue weighted by Gasteiger charge is -2.08. The number of rotatable bonds is 5. The van der Waals surface area contributed by atoms with Gasteiger partial charge in [0.1, 0.15) is 6.61 Å². The molecule has 76 valence electrons. The number of ether oxygens (including phenoxy) is 1. The smallest absolute Gasteiger partial charge is 0.404 e. The van der Waals surface area contributed by atoms with Crippen LogP contribution in [0.1, 0.15) is 20.3 Å². The van der Waals surface area contributed by atoms with Gasteiger partial charge in [-0.05, 0) is 6.42 Å². The first-order valence-electron chi connectivity index (χ1n) is 4.21. The van der Waals surface area contributed by atoms with E-state index in [0.717, 1.165) is 6.42 Å². The van der Waals surface area contributed by atoms with E-state index in [1.54, 1.807) is 6.92 Å². The molecule has 0 fully saturated rings. The highest BCUT2D eigenvalue weighted by atomic mass is 16.5. The van der Waals surface area contributed by atoms with Crippen molar-refractivity contribution in [2.45, 2.75) is 20.3 Å². The lowest BCUT2D eigenvalue weighted by atomic mass is 10.1. The minimum absolute atomic E-state index is 0.0927. The van der Waals surface area contributed by atoms with Crippen LogP contribution in [0.3, 0.4) is 0 Å². The van der Waals surface area contributed by atoms with Gasteiger partial charge in [-0.15, -0.1) is 0 Å². The first kappa shape index (κ1) is 11.7. The Kier molecular flexibility index (Phi) is 5.67. The van der Waals surface area contributed by atoms with Gasteiger partial charge in [-0.1, -0.05) is 13.8 Å². The van der Waals surface area contributed by atoms with E-state index in [9.17, 15) is 9.59 Å². The van der Waals surface area contributed by atoms with E-state index in [1.165, 1.54) is 0 Å². The zero-order valence-corrected chi connectivity index (χ0v) is 7.87. The van der Waals surface area contributed by atoms with E-state index in [1.807, 2.05) is 6.92 Å². The van der Waals surface area contributed by atoms with Crippen LogP contribution in [-0.2, 0) is 9.53 Å². The molecule has 1 amide bonds. The van der Waals surface area contributed by atoms with Crippen LogP contribution < -0.4 is 5.32 Å². The number of carboxylic acid groups (broad SMARTS) is 1. The van der Waals surface area contributed by atoms with Crippen molar-refractivity contribution in [1.82, 2.24) is 5.32 Å². The number of carbonyl (C=O) groups excluding carboxylic acids is 1. The summed E-state index contributed by atoms with van der Waals surface area (Å²) in [6.07, 6.45) is -0.384. The number of hydrogen-bond donors (Lipinski definition) is 2. The van der Waals surface area contributed by atoms with Crippen LogP contribution in [0.2, 0.25) is 0 Å². The fourth-order valence-electron chi connectivity index (χ4n) is 0.619. The van der Waals surface area contributed by atoms with Crippen LogP contribution in [0.5, 0.6) is 0 Å². The molecule has 0 spiro atoms. The summed E-state index contributed by atoms with van der Waals surface area (Å²) in [5.41, 5.74) is 0. The maximum absolute atomic E-state index is 11.0. The maximum Gasteiger partial charge on any atom is 0.404 e. The van der Waals surface area contributed by atoms with E-state index in [2.05, 4.69) is 5.32 Å². The predicted octanol–water partition coefficient (Wildman–Crippen LogP) is 0.843. The highest BCUT2D eigenvalue weighted by molar-refractivity contribution is 5.71. The number of carbonyl (C=O) groups is 2. The third-order valence-corrected chi connectivity index (χ3v) is 1.64. The second kappa shape index (κ2) is 6.28. The molecule has 0 aliphatic carbocycles. The molecule has 1 atom stereocenters. The monoisotopic (exact) mass is 189 g/mol. The molecule has 5 nitrogen and oxygen atoms in total. The Balaban J connectivity index is 3.42. The minimum atomic E-state index is -1.11. The largest absolute Gasteiger partial charge is 0.465 e. The van der Waals surface area contributed by atoms with Crippen molar-refractivity contribution in [2.24, 2.45) is 5.92 Å². The second-order valence-corrected chi connectivity index (χ2v) is 2.71. The van der Waals surface area contributed by atoms with Crippen LogP contribution in [0, 0.1) is 5.92 Å². The SMILES string of the molecule is CCC(C)C(=O)OCCNC(=O)O. The molecule has 0 aromatic heterocycles. The van der Waals surface area contributed by atoms with Crippen LogP contribution in [0.4, 0.5) is 4.79 Å². The summed E-state index contributed by atoms with van der Waals surface area (Å²) in [7, 11) is 0. The van der Waals surface area contributed by atoms with E-state index in [4.69, 9.17) is 9.84 Å². The van der Waals surface area contributed by atoms with E-state index < -0.39 is 6.09 Å². The van der Waals surface area contributed by atoms with Gasteiger partial charge in [0.25, 0.3) is 0 Å². The summed E-state index contributed by atoms with van der Waals surface area (Å²) in [4.78, 5) is 21.0. The Morgan fingerprint density at radius 3 is 2.62 bits per heavy atom. The van der Waals surface area contributed by atoms with Crippen molar-refractivity contribution in [2.75, 3.05) is 13.2 Å². The first-order valence-corrected chi connectivity index (χ1v) is 4.21. The van der Waals surface area contributed by atoms with Gasteiger partial charge in [0.15, 0.2) is 0 Å². The molecule has 0 saturated heterocycles. The Bertz CT molecular complexity index is 181. The maximum atomic E-state index is 11.0. The Morgan fingerprint density at radius 1 is 1.54 bits per heavy atom. The molecular formula is C8H15NO4. The van der Waals surface area contributed by atoms with Gasteiger partial charge < -0.3 is 15.2 Å². The quantitative estimate of drug-likeness (QED) is 0.496. The van der Waals surface area contributed by atoms with Crippen LogP contribution in [0.25, 0.3) is 0 Å². The van der Waals surface area contributed by atoms with Crippen molar-refractivity contribution < 1.29 is 19.4 Å². The Morgan fingerprint density at radius 2 is 2.15 bits per heavy atom.